The van der Waals surface area contributed by atoms with Crippen molar-refractivity contribution in [3.8, 4) is 0 Å². The highest BCUT2D eigenvalue weighted by Crippen LogP contribution is 2.59. The van der Waals surface area contributed by atoms with Crippen molar-refractivity contribution in [1.82, 2.24) is 5.32 Å². The molecular formula is C12H19NO. The van der Waals surface area contributed by atoms with Gasteiger partial charge in [-0.05, 0) is 49.9 Å². The minimum Gasteiger partial charge on any atom is -0.307 e. The number of fused-ring (bicyclic) bond motifs is 3. The lowest BCUT2D eigenvalue weighted by molar-refractivity contribution is -0.118. The number of nitrogens with one attached hydrogen (secondary N) is 1. The van der Waals surface area contributed by atoms with E-state index >= 15 is 0 Å². The molecule has 1 spiro atoms. The monoisotopic (exact) mass is 193 g/mol. The number of Topliss-reactive ketones (excluding diaryl/α,β-unsaturated/α-hetero) is 1. The molecule has 14 heavy (non-hydrogen) atoms. The summed E-state index contributed by atoms with van der Waals surface area (Å²) in [6.45, 7) is 2.84. The van der Waals surface area contributed by atoms with E-state index in [1.165, 1.54) is 25.7 Å². The average molecular weight is 193 g/mol. The third-order valence-corrected chi connectivity index (χ3v) is 4.90. The molecule has 2 heteroatoms. The fraction of sp³-hybridized carbons (Fsp3) is 0.917. The van der Waals surface area contributed by atoms with Gasteiger partial charge in [0.15, 0.2) is 0 Å². The van der Waals surface area contributed by atoms with Crippen LogP contribution in [0, 0.1) is 17.3 Å². The molecule has 1 saturated heterocycles. The molecule has 3 fully saturated rings. The molecular weight excluding hydrogens is 174 g/mol. The van der Waals surface area contributed by atoms with Gasteiger partial charge in [0.05, 0.1) is 6.04 Å². The largest absolute Gasteiger partial charge is 0.307 e. The number of carbonyl (C=O) groups excluding carboxylic acids is 1. The lowest BCUT2D eigenvalue weighted by Gasteiger charge is -2.33. The first-order valence-electron chi connectivity index (χ1n) is 5.93. The van der Waals surface area contributed by atoms with Crippen LogP contribution in [0.3, 0.4) is 0 Å². The second-order valence-electron chi connectivity index (χ2n) is 5.69. The Morgan fingerprint density at radius 2 is 2.21 bits per heavy atom. The fourth-order valence-electron chi connectivity index (χ4n) is 4.19. The Labute approximate surface area is 85.4 Å². The van der Waals surface area contributed by atoms with E-state index in [0.717, 1.165) is 24.8 Å². The van der Waals surface area contributed by atoms with Crippen LogP contribution in [0.5, 0.6) is 0 Å². The standard InChI is InChI=1S/C12H19NO/c1-8(14)11-6-12(7-13-11)5-9-2-3-10(12)4-9/h9-11,13H,2-7H2,1H3. The van der Waals surface area contributed by atoms with Crippen molar-refractivity contribution in [3.05, 3.63) is 0 Å². The van der Waals surface area contributed by atoms with Gasteiger partial charge in [0.25, 0.3) is 0 Å². The molecule has 3 rings (SSSR count). The van der Waals surface area contributed by atoms with Crippen LogP contribution in [0.1, 0.15) is 39.0 Å². The zero-order valence-corrected chi connectivity index (χ0v) is 8.88. The summed E-state index contributed by atoms with van der Waals surface area (Å²) in [5.74, 6) is 2.27. The second kappa shape index (κ2) is 2.82. The quantitative estimate of drug-likeness (QED) is 0.687. The van der Waals surface area contributed by atoms with Gasteiger partial charge in [-0.3, -0.25) is 4.79 Å². The van der Waals surface area contributed by atoms with Gasteiger partial charge in [0, 0.05) is 6.54 Å². The van der Waals surface area contributed by atoms with Crippen molar-refractivity contribution in [1.29, 1.82) is 0 Å². The Bertz CT molecular complexity index is 275. The molecule has 1 N–H and O–H groups in total. The van der Waals surface area contributed by atoms with Crippen molar-refractivity contribution in [2.24, 2.45) is 17.3 Å². The van der Waals surface area contributed by atoms with E-state index < -0.39 is 0 Å². The van der Waals surface area contributed by atoms with Gasteiger partial charge >= 0.3 is 0 Å². The summed E-state index contributed by atoms with van der Waals surface area (Å²) in [5.41, 5.74) is 0.527. The molecule has 2 saturated carbocycles. The van der Waals surface area contributed by atoms with Crippen molar-refractivity contribution in [3.63, 3.8) is 0 Å². The minimum absolute atomic E-state index is 0.175. The molecule has 3 aliphatic rings. The summed E-state index contributed by atoms with van der Waals surface area (Å²) in [6, 6.07) is 0.175. The van der Waals surface area contributed by atoms with Crippen molar-refractivity contribution < 1.29 is 4.79 Å². The highest BCUT2D eigenvalue weighted by molar-refractivity contribution is 5.81. The Kier molecular flexibility index (Phi) is 1.79. The van der Waals surface area contributed by atoms with Crippen LogP contribution >= 0.6 is 0 Å². The Hall–Kier alpha value is -0.370. The summed E-state index contributed by atoms with van der Waals surface area (Å²) in [6.07, 6.45) is 6.86. The summed E-state index contributed by atoms with van der Waals surface area (Å²) in [7, 11) is 0. The zero-order chi connectivity index (χ0) is 9.76. The van der Waals surface area contributed by atoms with Crippen LogP contribution in [0.4, 0.5) is 0 Å². The first-order valence-corrected chi connectivity index (χ1v) is 5.93. The third kappa shape index (κ3) is 1.10. The summed E-state index contributed by atoms with van der Waals surface area (Å²) < 4.78 is 0. The van der Waals surface area contributed by atoms with E-state index in [2.05, 4.69) is 5.32 Å². The van der Waals surface area contributed by atoms with E-state index in [4.69, 9.17) is 0 Å². The van der Waals surface area contributed by atoms with E-state index in [-0.39, 0.29) is 6.04 Å². The molecule has 2 nitrogen and oxygen atoms in total. The maximum Gasteiger partial charge on any atom is 0.146 e. The highest BCUT2D eigenvalue weighted by atomic mass is 16.1. The number of hydrogen-bond acceptors (Lipinski definition) is 2. The molecule has 4 unspecified atom stereocenters. The number of carbonyl (C=O) groups is 1. The molecule has 0 amide bonds. The van der Waals surface area contributed by atoms with Crippen molar-refractivity contribution >= 4 is 5.78 Å². The first kappa shape index (κ1) is 8.90. The minimum atomic E-state index is 0.175. The summed E-state index contributed by atoms with van der Waals surface area (Å²) >= 11 is 0. The Morgan fingerprint density at radius 1 is 1.36 bits per heavy atom. The number of ketones is 1. The van der Waals surface area contributed by atoms with E-state index in [9.17, 15) is 4.79 Å². The van der Waals surface area contributed by atoms with Gasteiger partial charge in [0.2, 0.25) is 0 Å². The maximum atomic E-state index is 11.3. The topological polar surface area (TPSA) is 29.1 Å². The van der Waals surface area contributed by atoms with Gasteiger partial charge in [-0.2, -0.15) is 0 Å². The molecule has 0 aromatic carbocycles. The van der Waals surface area contributed by atoms with E-state index in [0.29, 0.717) is 11.2 Å². The van der Waals surface area contributed by atoms with Gasteiger partial charge in [-0.25, -0.2) is 0 Å². The average Bonchev–Trinajstić information content (AvgIpc) is 2.79. The van der Waals surface area contributed by atoms with Crippen molar-refractivity contribution in [2.75, 3.05) is 6.54 Å². The molecule has 1 aliphatic heterocycles. The second-order valence-corrected chi connectivity index (χ2v) is 5.69. The Balaban J connectivity index is 1.78. The highest BCUT2D eigenvalue weighted by Gasteiger charge is 2.54. The number of hydrogen-bond donors (Lipinski definition) is 1. The molecule has 2 aliphatic carbocycles. The molecule has 0 aromatic rings. The lowest BCUT2D eigenvalue weighted by atomic mass is 9.71. The van der Waals surface area contributed by atoms with Gasteiger partial charge in [-0.1, -0.05) is 6.42 Å². The predicted molar refractivity (Wildman–Crippen MR) is 55.0 cm³/mol. The maximum absolute atomic E-state index is 11.3. The molecule has 0 aromatic heterocycles. The number of rotatable bonds is 1. The normalized spacial score (nSPS) is 50.5. The fourth-order valence-corrected chi connectivity index (χ4v) is 4.19. The van der Waals surface area contributed by atoms with Crippen LogP contribution < -0.4 is 5.32 Å². The molecule has 0 radical (unpaired) electrons. The van der Waals surface area contributed by atoms with E-state index in [1.807, 2.05) is 0 Å². The Morgan fingerprint density at radius 3 is 2.71 bits per heavy atom. The lowest BCUT2D eigenvalue weighted by Crippen LogP contribution is -2.30. The van der Waals surface area contributed by atoms with Gasteiger partial charge < -0.3 is 5.32 Å². The van der Waals surface area contributed by atoms with Crippen LogP contribution in [-0.4, -0.2) is 18.4 Å². The van der Waals surface area contributed by atoms with Crippen LogP contribution in [0.15, 0.2) is 0 Å². The molecule has 2 bridgehead atoms. The third-order valence-electron chi connectivity index (χ3n) is 4.90. The molecule has 4 atom stereocenters. The predicted octanol–water partition coefficient (Wildman–Crippen LogP) is 1.74. The van der Waals surface area contributed by atoms with Crippen LogP contribution in [0.2, 0.25) is 0 Å². The van der Waals surface area contributed by atoms with Gasteiger partial charge in [-0.15, -0.1) is 0 Å². The summed E-state index contributed by atoms with van der Waals surface area (Å²) in [5, 5.41) is 3.42. The van der Waals surface area contributed by atoms with Crippen molar-refractivity contribution in [2.45, 2.75) is 45.1 Å². The molecule has 78 valence electrons. The zero-order valence-electron chi connectivity index (χ0n) is 8.88. The smallest absolute Gasteiger partial charge is 0.146 e. The first-order chi connectivity index (χ1) is 6.70. The molecule has 1 heterocycles. The van der Waals surface area contributed by atoms with Crippen LogP contribution in [0.25, 0.3) is 0 Å². The van der Waals surface area contributed by atoms with E-state index in [1.54, 1.807) is 6.92 Å². The SMILES string of the molecule is CC(=O)C1CC2(CN1)CC1CCC2C1. The van der Waals surface area contributed by atoms with Crippen LogP contribution in [-0.2, 0) is 4.79 Å². The van der Waals surface area contributed by atoms with Gasteiger partial charge in [0.1, 0.15) is 5.78 Å². The summed E-state index contributed by atoms with van der Waals surface area (Å²) in [4.78, 5) is 11.3.